The third-order valence-corrected chi connectivity index (χ3v) is 4.60. The highest BCUT2D eigenvalue weighted by Gasteiger charge is 2.15. The average Bonchev–Trinajstić information content (AvgIpc) is 2.65. The standard InChI is InChI=1S/C23H28N2O3/c1-15-6-7-16(2)19(14-15)20(26)12-13-21(27)24-25-22(28)17-8-10-18(11-9-17)23(3,4)5/h6-11,14H,12-13H2,1-5H3,(H,24,27)(H,25,28). The van der Waals surface area contributed by atoms with Crippen LogP contribution >= 0.6 is 0 Å². The molecule has 0 unspecified atom stereocenters. The predicted octanol–water partition coefficient (Wildman–Crippen LogP) is 4.03. The molecular weight excluding hydrogens is 352 g/mol. The maximum absolute atomic E-state index is 12.3. The lowest BCUT2D eigenvalue weighted by Crippen LogP contribution is -2.41. The molecule has 5 heteroatoms. The van der Waals surface area contributed by atoms with Crippen LogP contribution in [0.1, 0.15) is 71.0 Å². The fourth-order valence-corrected chi connectivity index (χ4v) is 2.78. The van der Waals surface area contributed by atoms with Gasteiger partial charge in [0.05, 0.1) is 0 Å². The van der Waals surface area contributed by atoms with Gasteiger partial charge in [0.15, 0.2) is 5.78 Å². The summed E-state index contributed by atoms with van der Waals surface area (Å²) in [5.74, 6) is -0.881. The molecule has 0 radical (unpaired) electrons. The second-order valence-electron chi connectivity index (χ2n) is 8.07. The summed E-state index contributed by atoms with van der Waals surface area (Å²) < 4.78 is 0. The van der Waals surface area contributed by atoms with Crippen LogP contribution in [0.15, 0.2) is 42.5 Å². The molecule has 148 valence electrons. The van der Waals surface area contributed by atoms with Crippen molar-refractivity contribution < 1.29 is 14.4 Å². The number of carbonyl (C=O) groups is 3. The average molecular weight is 380 g/mol. The molecule has 0 bridgehead atoms. The Morgan fingerprint density at radius 3 is 2.11 bits per heavy atom. The molecule has 2 aromatic rings. The van der Waals surface area contributed by atoms with Gasteiger partial charge in [-0.1, -0.05) is 50.6 Å². The van der Waals surface area contributed by atoms with Crippen LogP contribution in [0.5, 0.6) is 0 Å². The summed E-state index contributed by atoms with van der Waals surface area (Å²) in [5.41, 5.74) is 8.88. The van der Waals surface area contributed by atoms with Crippen LogP contribution in [-0.4, -0.2) is 17.6 Å². The van der Waals surface area contributed by atoms with Crippen LogP contribution in [0.3, 0.4) is 0 Å². The Bertz CT molecular complexity index is 878. The van der Waals surface area contributed by atoms with E-state index >= 15 is 0 Å². The molecule has 0 spiro atoms. The number of hydrazine groups is 1. The molecule has 28 heavy (non-hydrogen) atoms. The van der Waals surface area contributed by atoms with Crippen molar-refractivity contribution in [2.45, 2.75) is 52.9 Å². The third-order valence-electron chi connectivity index (χ3n) is 4.60. The topological polar surface area (TPSA) is 75.3 Å². The molecule has 2 rings (SSSR count). The van der Waals surface area contributed by atoms with Crippen molar-refractivity contribution >= 4 is 17.6 Å². The zero-order chi connectivity index (χ0) is 20.9. The maximum atomic E-state index is 12.3. The lowest BCUT2D eigenvalue weighted by atomic mass is 9.87. The summed E-state index contributed by atoms with van der Waals surface area (Å²) in [6.45, 7) is 10.1. The first-order chi connectivity index (χ1) is 13.1. The molecule has 2 N–H and O–H groups in total. The quantitative estimate of drug-likeness (QED) is 0.607. The lowest BCUT2D eigenvalue weighted by molar-refractivity contribution is -0.121. The number of rotatable bonds is 5. The van der Waals surface area contributed by atoms with Crippen molar-refractivity contribution in [3.05, 3.63) is 70.3 Å². The highest BCUT2D eigenvalue weighted by Crippen LogP contribution is 2.22. The number of aryl methyl sites for hydroxylation is 2. The fraction of sp³-hybridized carbons (Fsp3) is 0.348. The zero-order valence-corrected chi connectivity index (χ0v) is 17.2. The minimum absolute atomic E-state index is 0.00536. The molecular formula is C23H28N2O3. The van der Waals surface area contributed by atoms with Gasteiger partial charge in [0.2, 0.25) is 5.91 Å². The van der Waals surface area contributed by atoms with Gasteiger partial charge in [-0.2, -0.15) is 0 Å². The van der Waals surface area contributed by atoms with Gasteiger partial charge in [0.1, 0.15) is 0 Å². The number of nitrogens with one attached hydrogen (secondary N) is 2. The summed E-state index contributed by atoms with van der Waals surface area (Å²) in [6.07, 6.45) is 0.0989. The molecule has 0 saturated heterocycles. The van der Waals surface area contributed by atoms with Gasteiger partial charge in [-0.25, -0.2) is 0 Å². The van der Waals surface area contributed by atoms with E-state index in [4.69, 9.17) is 0 Å². The highest BCUT2D eigenvalue weighted by molar-refractivity contribution is 6.00. The second kappa shape index (κ2) is 8.83. The van der Waals surface area contributed by atoms with Crippen molar-refractivity contribution in [2.75, 3.05) is 0 Å². The summed E-state index contributed by atoms with van der Waals surface area (Å²) in [5, 5.41) is 0. The normalized spacial score (nSPS) is 11.0. The van der Waals surface area contributed by atoms with Crippen LogP contribution in [0, 0.1) is 13.8 Å². The highest BCUT2D eigenvalue weighted by atomic mass is 16.2. The molecule has 0 aliphatic rings. The maximum Gasteiger partial charge on any atom is 0.269 e. The molecule has 2 aromatic carbocycles. The van der Waals surface area contributed by atoms with Crippen LogP contribution < -0.4 is 10.9 Å². The van der Waals surface area contributed by atoms with E-state index in [1.807, 2.05) is 44.2 Å². The van der Waals surface area contributed by atoms with Gasteiger partial charge < -0.3 is 0 Å². The largest absolute Gasteiger partial charge is 0.294 e. The molecule has 2 amide bonds. The fourth-order valence-electron chi connectivity index (χ4n) is 2.78. The Morgan fingerprint density at radius 2 is 1.50 bits per heavy atom. The number of hydrogen-bond donors (Lipinski definition) is 2. The SMILES string of the molecule is Cc1ccc(C)c(C(=O)CCC(=O)NNC(=O)c2ccc(C(C)(C)C)cc2)c1. The summed E-state index contributed by atoms with van der Waals surface area (Å²) in [6, 6.07) is 12.9. The second-order valence-corrected chi connectivity index (χ2v) is 8.07. The van der Waals surface area contributed by atoms with Crippen molar-refractivity contribution in [2.24, 2.45) is 0 Å². The van der Waals surface area contributed by atoms with Gasteiger partial charge >= 0.3 is 0 Å². The zero-order valence-electron chi connectivity index (χ0n) is 17.2. The first-order valence-corrected chi connectivity index (χ1v) is 9.38. The molecule has 0 atom stereocenters. The van der Waals surface area contributed by atoms with E-state index in [0.29, 0.717) is 11.1 Å². The molecule has 0 aromatic heterocycles. The molecule has 0 fully saturated rings. The first-order valence-electron chi connectivity index (χ1n) is 9.38. The Hall–Kier alpha value is -2.95. The van der Waals surface area contributed by atoms with Gasteiger partial charge in [0.25, 0.3) is 5.91 Å². The van der Waals surface area contributed by atoms with Gasteiger partial charge in [-0.05, 0) is 48.6 Å². The number of Topliss-reactive ketones (excluding diaryl/α,β-unsaturated/α-hetero) is 1. The van der Waals surface area contributed by atoms with Crippen LogP contribution in [0.2, 0.25) is 0 Å². The van der Waals surface area contributed by atoms with Crippen molar-refractivity contribution in [3.63, 3.8) is 0 Å². The van der Waals surface area contributed by atoms with Gasteiger partial charge in [-0.15, -0.1) is 0 Å². The van der Waals surface area contributed by atoms with Gasteiger partial charge in [-0.3, -0.25) is 25.2 Å². The van der Waals surface area contributed by atoms with Gasteiger partial charge in [0, 0.05) is 24.0 Å². The van der Waals surface area contributed by atoms with Crippen LogP contribution in [0.25, 0.3) is 0 Å². The Balaban J connectivity index is 1.84. The smallest absolute Gasteiger partial charge is 0.269 e. The Labute approximate surface area is 166 Å². The monoisotopic (exact) mass is 380 g/mol. The van der Waals surface area contributed by atoms with E-state index in [2.05, 4.69) is 31.6 Å². The number of carbonyl (C=O) groups excluding carboxylic acids is 3. The van der Waals surface area contributed by atoms with Crippen molar-refractivity contribution in [3.8, 4) is 0 Å². The number of hydrogen-bond acceptors (Lipinski definition) is 3. The number of ketones is 1. The molecule has 0 heterocycles. The minimum atomic E-state index is -0.404. The van der Waals surface area contributed by atoms with E-state index in [-0.39, 0.29) is 24.0 Å². The van der Waals surface area contributed by atoms with E-state index < -0.39 is 11.8 Å². The number of benzene rings is 2. The molecule has 0 saturated carbocycles. The van der Waals surface area contributed by atoms with Crippen LogP contribution in [-0.2, 0) is 10.2 Å². The van der Waals surface area contributed by atoms with E-state index in [0.717, 1.165) is 16.7 Å². The Morgan fingerprint density at radius 1 is 0.857 bits per heavy atom. The molecule has 5 nitrogen and oxygen atoms in total. The summed E-state index contributed by atoms with van der Waals surface area (Å²) in [7, 11) is 0. The number of amides is 2. The van der Waals surface area contributed by atoms with E-state index in [1.165, 1.54) is 0 Å². The van der Waals surface area contributed by atoms with Crippen molar-refractivity contribution in [1.82, 2.24) is 10.9 Å². The lowest BCUT2D eigenvalue weighted by Gasteiger charge is -2.19. The predicted molar refractivity (Wildman–Crippen MR) is 110 cm³/mol. The molecule has 0 aliphatic carbocycles. The van der Waals surface area contributed by atoms with E-state index in [9.17, 15) is 14.4 Å². The van der Waals surface area contributed by atoms with Crippen LogP contribution in [0.4, 0.5) is 0 Å². The summed E-state index contributed by atoms with van der Waals surface area (Å²) in [4.78, 5) is 36.5. The molecule has 0 aliphatic heterocycles. The minimum Gasteiger partial charge on any atom is -0.294 e. The Kier molecular flexibility index (Phi) is 6.73. The summed E-state index contributed by atoms with van der Waals surface area (Å²) >= 11 is 0. The third kappa shape index (κ3) is 5.78. The van der Waals surface area contributed by atoms with E-state index in [1.54, 1.807) is 12.1 Å². The first kappa shape index (κ1) is 21.4. The van der Waals surface area contributed by atoms with Crippen molar-refractivity contribution in [1.29, 1.82) is 0 Å².